The summed E-state index contributed by atoms with van der Waals surface area (Å²) in [5.41, 5.74) is 3.72. The number of hydrogen-bond acceptors (Lipinski definition) is 6. The number of hydrogen-bond donors (Lipinski definition) is 0. The monoisotopic (exact) mass is 385 g/mol. The topological polar surface area (TPSA) is 77.0 Å². The summed E-state index contributed by atoms with van der Waals surface area (Å²) in [4.78, 5) is 23.5. The van der Waals surface area contributed by atoms with Gasteiger partial charge in [0, 0.05) is 42.8 Å². The van der Waals surface area contributed by atoms with E-state index in [0.717, 1.165) is 36.6 Å². The number of carbonyl (C=O) groups excluding carboxylic acids is 1. The zero-order chi connectivity index (χ0) is 18.8. The van der Waals surface area contributed by atoms with Gasteiger partial charge >= 0.3 is 0 Å². The molecule has 1 aliphatic rings. The molecule has 0 saturated carbocycles. The third-order valence-electron chi connectivity index (χ3n) is 5.04. The van der Waals surface area contributed by atoms with Gasteiger partial charge in [0.2, 0.25) is 5.76 Å². The van der Waals surface area contributed by atoms with Crippen molar-refractivity contribution in [3.05, 3.63) is 52.3 Å². The Morgan fingerprint density at radius 1 is 1.33 bits per heavy atom. The summed E-state index contributed by atoms with van der Waals surface area (Å²) in [5, 5.41) is 6.06. The van der Waals surface area contributed by atoms with Crippen molar-refractivity contribution in [3.63, 3.8) is 0 Å². The van der Waals surface area contributed by atoms with E-state index in [0.29, 0.717) is 24.8 Å². The van der Waals surface area contributed by atoms with Crippen molar-refractivity contribution in [3.8, 4) is 0 Å². The Labute approximate surface area is 162 Å². The molecule has 3 aromatic rings. The molecule has 0 spiro atoms. The minimum atomic E-state index is -0.0707. The zero-order valence-electron chi connectivity index (χ0n) is 15.5. The van der Waals surface area contributed by atoms with Gasteiger partial charge in [0.25, 0.3) is 5.91 Å². The number of aromatic nitrogens is 4. The van der Waals surface area contributed by atoms with Crippen LogP contribution in [0.2, 0.25) is 0 Å². The molecule has 4 rings (SSSR count). The molecule has 1 saturated heterocycles. The van der Waals surface area contributed by atoms with Crippen LogP contribution >= 0.6 is 11.3 Å². The summed E-state index contributed by atoms with van der Waals surface area (Å²) in [6.45, 7) is 6.21. The van der Waals surface area contributed by atoms with Crippen LogP contribution in [-0.4, -0.2) is 43.6 Å². The van der Waals surface area contributed by atoms with Crippen molar-refractivity contribution >= 4 is 17.2 Å². The average Bonchev–Trinajstić information content (AvgIpc) is 3.43. The fraction of sp³-hybridized carbons (Fsp3) is 0.474. The van der Waals surface area contributed by atoms with E-state index in [4.69, 9.17) is 4.52 Å². The molecule has 0 radical (unpaired) electrons. The first kappa shape index (κ1) is 17.9. The first-order valence-electron chi connectivity index (χ1n) is 9.26. The van der Waals surface area contributed by atoms with Crippen molar-refractivity contribution < 1.29 is 9.32 Å². The van der Waals surface area contributed by atoms with Crippen LogP contribution in [0.3, 0.4) is 0 Å². The van der Waals surface area contributed by atoms with E-state index in [1.807, 2.05) is 36.7 Å². The standard InChI is InChI=1S/C19H23N5O2S/c1-13(2)16-9-17(26-22-16)19(25)23-6-3-14(4-7-23)18-20-5-8-24(18)10-15-11-27-12-21-15/h5,8-9,11-14H,3-4,6-7,10H2,1-2H3. The number of amides is 1. The Morgan fingerprint density at radius 2 is 2.15 bits per heavy atom. The summed E-state index contributed by atoms with van der Waals surface area (Å²) in [5.74, 6) is 1.94. The van der Waals surface area contributed by atoms with Crippen LogP contribution in [0.5, 0.6) is 0 Å². The fourth-order valence-electron chi connectivity index (χ4n) is 3.46. The molecule has 0 atom stereocenters. The predicted octanol–water partition coefficient (Wildman–Crippen LogP) is 3.52. The van der Waals surface area contributed by atoms with Crippen molar-refractivity contribution in [1.82, 2.24) is 24.6 Å². The Morgan fingerprint density at radius 3 is 2.81 bits per heavy atom. The lowest BCUT2D eigenvalue weighted by Gasteiger charge is -2.31. The Kier molecular flexibility index (Phi) is 5.07. The van der Waals surface area contributed by atoms with Crippen molar-refractivity contribution in [1.29, 1.82) is 0 Å². The second kappa shape index (κ2) is 7.64. The maximum Gasteiger partial charge on any atom is 0.292 e. The van der Waals surface area contributed by atoms with Gasteiger partial charge in [-0.3, -0.25) is 4.79 Å². The molecule has 7 nitrogen and oxygen atoms in total. The Balaban J connectivity index is 1.39. The first-order valence-corrected chi connectivity index (χ1v) is 10.2. The maximum absolute atomic E-state index is 12.7. The van der Waals surface area contributed by atoms with E-state index < -0.39 is 0 Å². The van der Waals surface area contributed by atoms with Crippen LogP contribution in [0.1, 0.15) is 66.3 Å². The van der Waals surface area contributed by atoms with E-state index in [-0.39, 0.29) is 11.8 Å². The third kappa shape index (κ3) is 3.80. The van der Waals surface area contributed by atoms with Gasteiger partial charge in [-0.15, -0.1) is 11.3 Å². The highest BCUT2D eigenvalue weighted by atomic mass is 32.1. The van der Waals surface area contributed by atoms with Crippen molar-refractivity contribution in [2.75, 3.05) is 13.1 Å². The van der Waals surface area contributed by atoms with E-state index in [2.05, 4.69) is 25.1 Å². The van der Waals surface area contributed by atoms with E-state index in [1.54, 1.807) is 17.4 Å². The predicted molar refractivity (Wildman–Crippen MR) is 102 cm³/mol. The van der Waals surface area contributed by atoms with Crippen molar-refractivity contribution in [2.45, 2.75) is 45.1 Å². The highest BCUT2D eigenvalue weighted by molar-refractivity contribution is 7.07. The van der Waals surface area contributed by atoms with Crippen LogP contribution in [0, 0.1) is 0 Å². The highest BCUT2D eigenvalue weighted by Gasteiger charge is 2.29. The molecule has 142 valence electrons. The van der Waals surface area contributed by atoms with Gasteiger partial charge in [-0.25, -0.2) is 9.97 Å². The van der Waals surface area contributed by atoms with Crippen LogP contribution < -0.4 is 0 Å². The summed E-state index contributed by atoms with van der Waals surface area (Å²) < 4.78 is 7.42. The number of piperidine rings is 1. The minimum Gasteiger partial charge on any atom is -0.351 e. The van der Waals surface area contributed by atoms with Crippen LogP contribution in [0.15, 0.2) is 33.9 Å². The van der Waals surface area contributed by atoms with Crippen LogP contribution in [0.4, 0.5) is 0 Å². The number of carbonyl (C=O) groups is 1. The third-order valence-corrected chi connectivity index (χ3v) is 5.68. The van der Waals surface area contributed by atoms with Gasteiger partial charge in [-0.05, 0) is 18.8 Å². The summed E-state index contributed by atoms with van der Waals surface area (Å²) in [6, 6.07) is 1.76. The lowest BCUT2D eigenvalue weighted by Crippen LogP contribution is -2.38. The van der Waals surface area contributed by atoms with Gasteiger partial charge in [0.1, 0.15) is 5.82 Å². The molecule has 0 N–H and O–H groups in total. The first-order chi connectivity index (χ1) is 13.1. The summed E-state index contributed by atoms with van der Waals surface area (Å²) in [7, 11) is 0. The Bertz CT molecular complexity index is 891. The van der Waals surface area contributed by atoms with E-state index in [1.165, 1.54) is 0 Å². The molecule has 0 aromatic carbocycles. The quantitative estimate of drug-likeness (QED) is 0.672. The number of imidazole rings is 1. The normalized spacial score (nSPS) is 15.6. The molecule has 4 heterocycles. The lowest BCUT2D eigenvalue weighted by atomic mass is 9.95. The SMILES string of the molecule is CC(C)c1cc(C(=O)N2CCC(c3nccn3Cc3cscn3)CC2)on1. The molecular formula is C19H23N5O2S. The number of rotatable bonds is 5. The van der Waals surface area contributed by atoms with Gasteiger partial charge in [-0.2, -0.15) is 0 Å². The van der Waals surface area contributed by atoms with Crippen LogP contribution in [0.25, 0.3) is 0 Å². The fourth-order valence-corrected chi connectivity index (χ4v) is 4.01. The van der Waals surface area contributed by atoms with Gasteiger partial charge < -0.3 is 14.0 Å². The van der Waals surface area contributed by atoms with Crippen molar-refractivity contribution in [2.24, 2.45) is 0 Å². The molecular weight excluding hydrogens is 362 g/mol. The molecule has 1 fully saturated rings. The highest BCUT2D eigenvalue weighted by Crippen LogP contribution is 2.28. The second-order valence-electron chi connectivity index (χ2n) is 7.23. The van der Waals surface area contributed by atoms with Gasteiger partial charge in [0.05, 0.1) is 23.4 Å². The van der Waals surface area contributed by atoms with E-state index >= 15 is 0 Å². The Hall–Kier alpha value is -2.48. The molecule has 1 amide bonds. The van der Waals surface area contributed by atoms with Crippen LogP contribution in [-0.2, 0) is 6.54 Å². The number of nitrogens with zero attached hydrogens (tertiary/aromatic N) is 5. The lowest BCUT2D eigenvalue weighted by molar-refractivity contribution is 0.0668. The number of thiazole rings is 1. The van der Waals surface area contributed by atoms with Gasteiger partial charge in [0.15, 0.2) is 0 Å². The minimum absolute atomic E-state index is 0.0707. The largest absolute Gasteiger partial charge is 0.351 e. The molecule has 0 aliphatic carbocycles. The molecule has 3 aromatic heterocycles. The van der Waals surface area contributed by atoms with Gasteiger partial charge in [-0.1, -0.05) is 19.0 Å². The van der Waals surface area contributed by atoms with E-state index in [9.17, 15) is 4.79 Å². The summed E-state index contributed by atoms with van der Waals surface area (Å²) in [6.07, 6.45) is 5.64. The second-order valence-corrected chi connectivity index (χ2v) is 7.95. The smallest absolute Gasteiger partial charge is 0.292 e. The molecule has 8 heteroatoms. The average molecular weight is 385 g/mol. The molecule has 1 aliphatic heterocycles. The molecule has 0 bridgehead atoms. The molecule has 27 heavy (non-hydrogen) atoms. The number of likely N-dealkylation sites (tertiary alicyclic amines) is 1. The zero-order valence-corrected chi connectivity index (χ0v) is 16.4. The molecule has 0 unspecified atom stereocenters. The maximum atomic E-state index is 12.7. The summed E-state index contributed by atoms with van der Waals surface area (Å²) >= 11 is 1.60.